The highest BCUT2D eigenvalue weighted by atomic mass is 16.2. The van der Waals surface area contributed by atoms with E-state index in [9.17, 15) is 9.59 Å². The Morgan fingerprint density at radius 3 is 2.75 bits per heavy atom. The van der Waals surface area contributed by atoms with Gasteiger partial charge in [0.05, 0.1) is 23.1 Å². The van der Waals surface area contributed by atoms with Gasteiger partial charge in [-0.1, -0.05) is 17.3 Å². The van der Waals surface area contributed by atoms with E-state index in [1.807, 2.05) is 0 Å². The molecule has 1 aromatic carbocycles. The lowest BCUT2D eigenvalue weighted by molar-refractivity contribution is -0.117. The van der Waals surface area contributed by atoms with Crippen LogP contribution in [0, 0.1) is 0 Å². The zero-order valence-corrected chi connectivity index (χ0v) is 10.6. The Hall–Kier alpha value is -2.74. The number of aromatic nitrogens is 3. The molecule has 0 unspecified atom stereocenters. The normalized spacial score (nSPS) is 10.2. The lowest BCUT2D eigenvalue weighted by Crippen LogP contribution is -2.23. The first kappa shape index (κ1) is 13.7. The topological polar surface area (TPSA) is 129 Å². The molecule has 2 aromatic rings. The monoisotopic (exact) mass is 274 g/mol. The number of hydrogen-bond acceptors (Lipinski definition) is 5. The maximum atomic E-state index is 11.9. The van der Waals surface area contributed by atoms with Crippen molar-refractivity contribution >= 4 is 17.5 Å². The van der Waals surface area contributed by atoms with Crippen LogP contribution in [0.4, 0.5) is 5.69 Å². The van der Waals surface area contributed by atoms with Crippen molar-refractivity contribution in [1.29, 1.82) is 0 Å². The first-order valence-electron chi connectivity index (χ1n) is 5.88. The van der Waals surface area contributed by atoms with Crippen LogP contribution in [0.15, 0.2) is 30.5 Å². The minimum absolute atomic E-state index is 0.0420. The van der Waals surface area contributed by atoms with Crippen molar-refractivity contribution in [3.63, 3.8) is 0 Å². The van der Waals surface area contributed by atoms with Gasteiger partial charge in [0.1, 0.15) is 6.54 Å². The molecule has 0 atom stereocenters. The number of para-hydroxylation sites is 1. The number of nitrogens with zero attached hydrogens (tertiary/aromatic N) is 3. The van der Waals surface area contributed by atoms with Crippen molar-refractivity contribution < 1.29 is 9.59 Å². The SMILES string of the molecule is NCc1cnnn1CC(=O)Nc1ccccc1C(N)=O. The molecule has 0 aliphatic carbocycles. The summed E-state index contributed by atoms with van der Waals surface area (Å²) in [5, 5.41) is 10.1. The molecule has 1 aromatic heterocycles. The highest BCUT2D eigenvalue weighted by molar-refractivity contribution is 6.02. The molecular weight excluding hydrogens is 260 g/mol. The van der Waals surface area contributed by atoms with E-state index in [4.69, 9.17) is 11.5 Å². The van der Waals surface area contributed by atoms with Crippen molar-refractivity contribution in [2.45, 2.75) is 13.1 Å². The Bertz CT molecular complexity index is 636. The molecule has 0 bridgehead atoms. The summed E-state index contributed by atoms with van der Waals surface area (Å²) in [6.07, 6.45) is 1.49. The van der Waals surface area contributed by atoms with Crippen LogP contribution in [0.1, 0.15) is 16.1 Å². The highest BCUT2D eigenvalue weighted by Gasteiger charge is 2.12. The summed E-state index contributed by atoms with van der Waals surface area (Å²) in [4.78, 5) is 23.2. The second-order valence-corrected chi connectivity index (χ2v) is 4.05. The summed E-state index contributed by atoms with van der Waals surface area (Å²) in [7, 11) is 0. The van der Waals surface area contributed by atoms with Gasteiger partial charge in [0.15, 0.2) is 0 Å². The van der Waals surface area contributed by atoms with Gasteiger partial charge in [0.25, 0.3) is 5.91 Å². The van der Waals surface area contributed by atoms with Gasteiger partial charge in [-0.3, -0.25) is 9.59 Å². The second-order valence-electron chi connectivity index (χ2n) is 4.05. The molecule has 0 fully saturated rings. The predicted molar refractivity (Wildman–Crippen MR) is 71.5 cm³/mol. The minimum atomic E-state index is -0.607. The van der Waals surface area contributed by atoms with Gasteiger partial charge in [-0.05, 0) is 12.1 Å². The zero-order chi connectivity index (χ0) is 14.5. The van der Waals surface area contributed by atoms with Crippen molar-refractivity contribution in [1.82, 2.24) is 15.0 Å². The maximum Gasteiger partial charge on any atom is 0.250 e. The summed E-state index contributed by atoms with van der Waals surface area (Å²) in [5.41, 5.74) is 12.0. The number of nitrogens with two attached hydrogens (primary N) is 2. The van der Waals surface area contributed by atoms with E-state index in [2.05, 4.69) is 15.6 Å². The number of nitrogens with one attached hydrogen (secondary N) is 1. The largest absolute Gasteiger partial charge is 0.366 e. The molecule has 8 heteroatoms. The number of carbonyl (C=O) groups excluding carboxylic acids is 2. The van der Waals surface area contributed by atoms with Gasteiger partial charge in [-0.2, -0.15) is 0 Å². The Balaban J connectivity index is 2.11. The van der Waals surface area contributed by atoms with Gasteiger partial charge in [-0.25, -0.2) is 4.68 Å². The number of carbonyl (C=O) groups is 2. The second kappa shape index (κ2) is 5.93. The van der Waals surface area contributed by atoms with Crippen LogP contribution in [0.5, 0.6) is 0 Å². The first-order chi connectivity index (χ1) is 9.61. The fourth-order valence-corrected chi connectivity index (χ4v) is 1.70. The van der Waals surface area contributed by atoms with Crippen molar-refractivity contribution in [2.75, 3.05) is 5.32 Å². The van der Waals surface area contributed by atoms with Crippen LogP contribution >= 0.6 is 0 Å². The molecule has 8 nitrogen and oxygen atoms in total. The van der Waals surface area contributed by atoms with Crippen LogP contribution in [0.2, 0.25) is 0 Å². The number of rotatable bonds is 5. The van der Waals surface area contributed by atoms with Crippen molar-refractivity contribution in [3.8, 4) is 0 Å². The Morgan fingerprint density at radius 1 is 1.30 bits per heavy atom. The van der Waals surface area contributed by atoms with E-state index in [1.54, 1.807) is 24.3 Å². The van der Waals surface area contributed by atoms with E-state index in [0.29, 0.717) is 11.4 Å². The van der Waals surface area contributed by atoms with Crippen molar-refractivity contribution in [2.24, 2.45) is 11.5 Å². The van der Waals surface area contributed by atoms with E-state index in [0.717, 1.165) is 0 Å². The standard InChI is InChI=1S/C12H14N6O2/c13-5-8-6-15-17-18(8)7-11(19)16-10-4-2-1-3-9(10)12(14)20/h1-4,6H,5,7,13H2,(H2,14,20)(H,16,19). The average molecular weight is 274 g/mol. The maximum absolute atomic E-state index is 11.9. The van der Waals surface area contributed by atoms with Gasteiger partial charge in [-0.15, -0.1) is 5.10 Å². The predicted octanol–water partition coefficient (Wildman–Crippen LogP) is -0.526. The molecule has 5 N–H and O–H groups in total. The summed E-state index contributed by atoms with van der Waals surface area (Å²) >= 11 is 0. The number of benzene rings is 1. The molecule has 0 radical (unpaired) electrons. The summed E-state index contributed by atoms with van der Waals surface area (Å²) in [5.74, 6) is -0.955. The van der Waals surface area contributed by atoms with Crippen LogP contribution in [-0.4, -0.2) is 26.8 Å². The summed E-state index contributed by atoms with van der Waals surface area (Å²) in [6, 6.07) is 6.50. The molecule has 0 aliphatic heterocycles. The number of anilines is 1. The lowest BCUT2D eigenvalue weighted by atomic mass is 10.1. The van der Waals surface area contributed by atoms with E-state index in [1.165, 1.54) is 10.9 Å². The highest BCUT2D eigenvalue weighted by Crippen LogP contribution is 2.14. The third-order valence-electron chi connectivity index (χ3n) is 2.67. The fraction of sp³-hybridized carbons (Fsp3) is 0.167. The van der Waals surface area contributed by atoms with E-state index < -0.39 is 5.91 Å². The van der Waals surface area contributed by atoms with Gasteiger partial charge in [0, 0.05) is 6.54 Å². The quantitative estimate of drug-likeness (QED) is 0.675. The average Bonchev–Trinajstić information content (AvgIpc) is 2.86. The smallest absolute Gasteiger partial charge is 0.250 e. The van der Waals surface area contributed by atoms with Crippen LogP contribution in [-0.2, 0) is 17.9 Å². The number of amides is 2. The third kappa shape index (κ3) is 2.98. The lowest BCUT2D eigenvalue weighted by Gasteiger charge is -2.09. The molecule has 0 spiro atoms. The molecule has 0 saturated carbocycles. The molecule has 2 amide bonds. The molecule has 1 heterocycles. The Morgan fingerprint density at radius 2 is 2.05 bits per heavy atom. The Labute approximate surface area is 114 Å². The molecule has 20 heavy (non-hydrogen) atoms. The molecule has 104 valence electrons. The van der Waals surface area contributed by atoms with Crippen LogP contribution in [0.3, 0.4) is 0 Å². The summed E-state index contributed by atoms with van der Waals surface area (Å²) < 4.78 is 1.39. The first-order valence-corrected chi connectivity index (χ1v) is 5.88. The molecule has 0 saturated heterocycles. The number of hydrogen-bond donors (Lipinski definition) is 3. The third-order valence-corrected chi connectivity index (χ3v) is 2.67. The fourth-order valence-electron chi connectivity index (χ4n) is 1.70. The minimum Gasteiger partial charge on any atom is -0.366 e. The van der Waals surface area contributed by atoms with Crippen LogP contribution < -0.4 is 16.8 Å². The summed E-state index contributed by atoms with van der Waals surface area (Å²) in [6.45, 7) is 0.192. The van der Waals surface area contributed by atoms with Crippen LogP contribution in [0.25, 0.3) is 0 Å². The van der Waals surface area contributed by atoms with Gasteiger partial charge >= 0.3 is 0 Å². The van der Waals surface area contributed by atoms with Crippen molar-refractivity contribution in [3.05, 3.63) is 41.7 Å². The van der Waals surface area contributed by atoms with E-state index in [-0.39, 0.29) is 24.6 Å². The molecule has 2 rings (SSSR count). The Kier molecular flexibility index (Phi) is 4.06. The molecule has 0 aliphatic rings. The number of primary amides is 1. The van der Waals surface area contributed by atoms with Gasteiger partial charge in [0.2, 0.25) is 5.91 Å². The van der Waals surface area contributed by atoms with E-state index >= 15 is 0 Å². The molecular formula is C12H14N6O2. The zero-order valence-electron chi connectivity index (χ0n) is 10.6. The van der Waals surface area contributed by atoms with Gasteiger partial charge < -0.3 is 16.8 Å².